The minimum absolute atomic E-state index is 0.574. The predicted octanol–water partition coefficient (Wildman–Crippen LogP) is 4.06. The van der Waals surface area contributed by atoms with Crippen LogP contribution in [0.2, 0.25) is 0 Å². The van der Waals surface area contributed by atoms with Crippen LogP contribution in [0.3, 0.4) is 0 Å². The second kappa shape index (κ2) is 7.98. The summed E-state index contributed by atoms with van der Waals surface area (Å²) in [5.74, 6) is 0. The van der Waals surface area contributed by atoms with Crippen molar-refractivity contribution in [2.24, 2.45) is 5.18 Å². The van der Waals surface area contributed by atoms with E-state index in [0.717, 1.165) is 31.6 Å². The molecule has 0 saturated carbocycles. The molecule has 0 spiro atoms. The molecule has 3 nitrogen and oxygen atoms in total. The SMILES string of the molecule is CCCN(CCC)CCc1cccc(N=O)c1C. The van der Waals surface area contributed by atoms with Crippen LogP contribution < -0.4 is 0 Å². The van der Waals surface area contributed by atoms with Gasteiger partial charge in [-0.05, 0) is 61.6 Å². The van der Waals surface area contributed by atoms with Crippen molar-refractivity contribution in [3.63, 3.8) is 0 Å². The molecule has 1 aromatic carbocycles. The highest BCUT2D eigenvalue weighted by Crippen LogP contribution is 2.22. The van der Waals surface area contributed by atoms with E-state index in [9.17, 15) is 4.91 Å². The summed E-state index contributed by atoms with van der Waals surface area (Å²) in [6.07, 6.45) is 3.37. The van der Waals surface area contributed by atoms with E-state index in [1.165, 1.54) is 18.4 Å². The summed E-state index contributed by atoms with van der Waals surface area (Å²) in [6, 6.07) is 5.80. The molecule has 0 saturated heterocycles. The third-order valence-electron chi connectivity index (χ3n) is 3.29. The molecule has 18 heavy (non-hydrogen) atoms. The van der Waals surface area contributed by atoms with Gasteiger partial charge in [0.2, 0.25) is 0 Å². The van der Waals surface area contributed by atoms with Gasteiger partial charge in [-0.1, -0.05) is 26.0 Å². The molecule has 1 rings (SSSR count). The lowest BCUT2D eigenvalue weighted by molar-refractivity contribution is 0.278. The maximum Gasteiger partial charge on any atom is 0.111 e. The molecule has 0 bridgehead atoms. The molecule has 0 aromatic heterocycles. The molecule has 100 valence electrons. The van der Waals surface area contributed by atoms with Crippen molar-refractivity contribution in [3.05, 3.63) is 34.2 Å². The van der Waals surface area contributed by atoms with Crippen LogP contribution in [0.25, 0.3) is 0 Å². The molecule has 0 unspecified atom stereocenters. The van der Waals surface area contributed by atoms with E-state index in [1.807, 2.05) is 13.0 Å². The lowest BCUT2D eigenvalue weighted by Gasteiger charge is -2.21. The Labute approximate surface area is 110 Å². The summed E-state index contributed by atoms with van der Waals surface area (Å²) in [7, 11) is 0. The fourth-order valence-electron chi connectivity index (χ4n) is 2.29. The first-order valence-corrected chi connectivity index (χ1v) is 6.87. The van der Waals surface area contributed by atoms with Crippen molar-refractivity contribution in [1.82, 2.24) is 4.90 Å². The zero-order chi connectivity index (χ0) is 13.4. The summed E-state index contributed by atoms with van der Waals surface area (Å²) >= 11 is 0. The highest BCUT2D eigenvalue weighted by molar-refractivity contribution is 5.49. The summed E-state index contributed by atoms with van der Waals surface area (Å²) in [5.41, 5.74) is 2.84. The van der Waals surface area contributed by atoms with Gasteiger partial charge in [0.05, 0.1) is 0 Å². The Morgan fingerprint density at radius 3 is 2.33 bits per heavy atom. The third-order valence-corrected chi connectivity index (χ3v) is 3.29. The molecule has 0 fully saturated rings. The van der Waals surface area contributed by atoms with E-state index in [4.69, 9.17) is 0 Å². The van der Waals surface area contributed by atoms with Gasteiger partial charge in [0.1, 0.15) is 5.69 Å². The maximum atomic E-state index is 10.7. The highest BCUT2D eigenvalue weighted by atomic mass is 16.3. The summed E-state index contributed by atoms with van der Waals surface area (Å²) in [6.45, 7) is 9.77. The molecule has 0 N–H and O–H groups in total. The maximum absolute atomic E-state index is 10.7. The molecule has 0 aliphatic rings. The van der Waals surface area contributed by atoms with Gasteiger partial charge >= 0.3 is 0 Å². The smallest absolute Gasteiger partial charge is 0.111 e. The monoisotopic (exact) mass is 248 g/mol. The van der Waals surface area contributed by atoms with E-state index in [2.05, 4.69) is 30.0 Å². The largest absolute Gasteiger partial charge is 0.303 e. The van der Waals surface area contributed by atoms with Gasteiger partial charge in [-0.15, -0.1) is 4.91 Å². The van der Waals surface area contributed by atoms with E-state index in [1.54, 1.807) is 6.07 Å². The Kier molecular flexibility index (Phi) is 6.58. The Hall–Kier alpha value is -1.22. The molecular weight excluding hydrogens is 224 g/mol. The van der Waals surface area contributed by atoms with Crippen molar-refractivity contribution < 1.29 is 0 Å². The Balaban J connectivity index is 2.63. The average molecular weight is 248 g/mol. The third kappa shape index (κ3) is 4.22. The zero-order valence-electron chi connectivity index (χ0n) is 11.8. The average Bonchev–Trinajstić information content (AvgIpc) is 2.38. The van der Waals surface area contributed by atoms with E-state index in [-0.39, 0.29) is 0 Å². The molecule has 0 atom stereocenters. The van der Waals surface area contributed by atoms with Gasteiger partial charge in [0, 0.05) is 6.54 Å². The van der Waals surface area contributed by atoms with Gasteiger partial charge in [0.25, 0.3) is 0 Å². The van der Waals surface area contributed by atoms with Crippen LogP contribution in [-0.4, -0.2) is 24.5 Å². The first-order valence-electron chi connectivity index (χ1n) is 6.87. The number of nitrogens with zero attached hydrogens (tertiary/aromatic N) is 2. The lowest BCUT2D eigenvalue weighted by atomic mass is 10.0. The molecule has 0 heterocycles. The van der Waals surface area contributed by atoms with Crippen LogP contribution >= 0.6 is 0 Å². The highest BCUT2D eigenvalue weighted by Gasteiger charge is 2.07. The van der Waals surface area contributed by atoms with Crippen molar-refractivity contribution in [3.8, 4) is 0 Å². The van der Waals surface area contributed by atoms with Crippen LogP contribution in [0, 0.1) is 11.8 Å². The molecule has 0 aliphatic heterocycles. The van der Waals surface area contributed by atoms with Crippen molar-refractivity contribution in [2.45, 2.75) is 40.0 Å². The lowest BCUT2D eigenvalue weighted by Crippen LogP contribution is -2.27. The van der Waals surface area contributed by atoms with E-state index < -0.39 is 0 Å². The van der Waals surface area contributed by atoms with E-state index in [0.29, 0.717) is 5.69 Å². The van der Waals surface area contributed by atoms with Crippen molar-refractivity contribution in [2.75, 3.05) is 19.6 Å². The van der Waals surface area contributed by atoms with Crippen LogP contribution in [0.1, 0.15) is 37.8 Å². The van der Waals surface area contributed by atoms with Crippen LogP contribution in [0.5, 0.6) is 0 Å². The summed E-state index contributed by atoms with van der Waals surface area (Å²) < 4.78 is 0. The Morgan fingerprint density at radius 1 is 1.11 bits per heavy atom. The number of hydrogen-bond donors (Lipinski definition) is 0. The normalized spacial score (nSPS) is 10.9. The molecular formula is C15H24N2O. The molecule has 3 heteroatoms. The van der Waals surface area contributed by atoms with Gasteiger partial charge in [-0.25, -0.2) is 0 Å². The van der Waals surface area contributed by atoms with Gasteiger partial charge in [-0.2, -0.15) is 0 Å². The zero-order valence-corrected chi connectivity index (χ0v) is 11.8. The first-order chi connectivity index (χ1) is 8.72. The first kappa shape index (κ1) is 14.8. The van der Waals surface area contributed by atoms with E-state index >= 15 is 0 Å². The standard InChI is InChI=1S/C15H24N2O/c1-4-10-17(11-5-2)12-9-14-7-6-8-15(16-18)13(14)3/h6-8H,4-5,9-12H2,1-3H3. The Morgan fingerprint density at radius 2 is 1.78 bits per heavy atom. The molecule has 0 radical (unpaired) electrons. The second-order valence-electron chi connectivity index (χ2n) is 4.74. The topological polar surface area (TPSA) is 32.7 Å². The molecule has 0 amide bonds. The minimum Gasteiger partial charge on any atom is -0.303 e. The van der Waals surface area contributed by atoms with Gasteiger partial charge < -0.3 is 4.90 Å². The number of benzene rings is 1. The van der Waals surface area contributed by atoms with Crippen molar-refractivity contribution in [1.29, 1.82) is 0 Å². The van der Waals surface area contributed by atoms with Crippen LogP contribution in [-0.2, 0) is 6.42 Å². The second-order valence-corrected chi connectivity index (χ2v) is 4.74. The van der Waals surface area contributed by atoms with Gasteiger partial charge in [0.15, 0.2) is 0 Å². The predicted molar refractivity (Wildman–Crippen MR) is 77.4 cm³/mol. The molecule has 1 aromatic rings. The quantitative estimate of drug-likeness (QED) is 0.650. The summed E-state index contributed by atoms with van der Waals surface area (Å²) in [4.78, 5) is 13.1. The number of nitroso groups, excluding NO2 is 1. The van der Waals surface area contributed by atoms with Crippen LogP contribution in [0.4, 0.5) is 5.69 Å². The number of hydrogen-bond acceptors (Lipinski definition) is 3. The summed E-state index contributed by atoms with van der Waals surface area (Å²) in [5, 5.41) is 3.07. The van der Waals surface area contributed by atoms with Crippen molar-refractivity contribution >= 4 is 5.69 Å². The minimum atomic E-state index is 0.574. The van der Waals surface area contributed by atoms with Crippen LogP contribution in [0.15, 0.2) is 23.4 Å². The number of rotatable bonds is 8. The molecule has 0 aliphatic carbocycles. The van der Waals surface area contributed by atoms with Gasteiger partial charge in [-0.3, -0.25) is 0 Å². The fraction of sp³-hybridized carbons (Fsp3) is 0.600. The Bertz CT molecular complexity index is 371. The fourth-order valence-corrected chi connectivity index (χ4v) is 2.29.